The normalized spacial score (nSPS) is 26.4. The highest BCUT2D eigenvalue weighted by Gasteiger charge is 2.44. The third-order valence-electron chi connectivity index (χ3n) is 5.29. The number of rotatable bonds is 2. The minimum Gasteiger partial charge on any atom is -0.487 e. The largest absolute Gasteiger partial charge is 0.487 e. The predicted octanol–water partition coefficient (Wildman–Crippen LogP) is 5.56. The maximum absolute atomic E-state index is 6.46. The molecule has 2 aliphatic rings. The highest BCUT2D eigenvalue weighted by Crippen LogP contribution is 2.51. The Kier molecular flexibility index (Phi) is 3.63. The van der Waals surface area contributed by atoms with Gasteiger partial charge in [-0.25, -0.2) is 0 Å². The van der Waals surface area contributed by atoms with Crippen LogP contribution in [-0.4, -0.2) is 5.60 Å². The van der Waals surface area contributed by atoms with Crippen molar-refractivity contribution in [2.24, 2.45) is 5.92 Å². The molecule has 0 spiro atoms. The first-order chi connectivity index (χ1) is 9.92. The molecule has 0 bridgehead atoms. The number of hydrogen-bond donors (Lipinski definition) is 0. The van der Waals surface area contributed by atoms with E-state index in [4.69, 9.17) is 4.74 Å². The van der Waals surface area contributed by atoms with Crippen LogP contribution in [0, 0.1) is 12.8 Å². The number of aryl methyl sites for hydroxylation is 2. The van der Waals surface area contributed by atoms with Gasteiger partial charge < -0.3 is 4.74 Å². The van der Waals surface area contributed by atoms with Gasteiger partial charge in [0, 0.05) is 17.4 Å². The third-order valence-corrected chi connectivity index (χ3v) is 5.29. The van der Waals surface area contributed by atoms with Gasteiger partial charge in [0.25, 0.3) is 0 Å². The average molecular weight is 284 g/mol. The molecule has 1 nitrogen and oxygen atoms in total. The average Bonchev–Trinajstić information content (AvgIpc) is 2.37. The van der Waals surface area contributed by atoms with E-state index in [1.807, 2.05) is 0 Å². The van der Waals surface area contributed by atoms with E-state index >= 15 is 0 Å². The molecule has 3 rings (SSSR count). The molecule has 1 aromatic rings. The van der Waals surface area contributed by atoms with Crippen molar-refractivity contribution >= 4 is 0 Å². The highest BCUT2D eigenvalue weighted by atomic mass is 16.5. The summed E-state index contributed by atoms with van der Waals surface area (Å²) in [6, 6.07) is 4.67. The van der Waals surface area contributed by atoms with Gasteiger partial charge in [-0.1, -0.05) is 31.1 Å². The molecule has 0 aromatic heterocycles. The van der Waals surface area contributed by atoms with Crippen molar-refractivity contribution in [2.75, 3.05) is 0 Å². The van der Waals surface area contributed by atoms with Crippen molar-refractivity contribution in [1.82, 2.24) is 0 Å². The summed E-state index contributed by atoms with van der Waals surface area (Å²) in [6.45, 7) is 11.3. The lowest BCUT2D eigenvalue weighted by Gasteiger charge is -2.47. The first-order valence-electron chi connectivity index (χ1n) is 8.42. The molecule has 0 amide bonds. The van der Waals surface area contributed by atoms with Gasteiger partial charge in [-0.15, -0.1) is 0 Å². The monoisotopic (exact) mass is 284 g/mol. The van der Waals surface area contributed by atoms with E-state index in [0.717, 1.165) is 12.2 Å². The molecule has 0 saturated carbocycles. The second kappa shape index (κ2) is 5.19. The second-order valence-corrected chi connectivity index (χ2v) is 7.46. The van der Waals surface area contributed by atoms with Gasteiger partial charge in [-0.05, 0) is 64.2 Å². The van der Waals surface area contributed by atoms with Crippen LogP contribution in [0.2, 0.25) is 0 Å². The molecular weight excluding hydrogens is 256 g/mol. The van der Waals surface area contributed by atoms with Gasteiger partial charge in [0.15, 0.2) is 0 Å². The fraction of sp³-hybridized carbons (Fsp3) is 0.600. The fourth-order valence-electron chi connectivity index (χ4n) is 4.27. The van der Waals surface area contributed by atoms with Crippen molar-refractivity contribution in [3.05, 3.63) is 40.5 Å². The lowest BCUT2D eigenvalue weighted by molar-refractivity contribution is 0.0113. The van der Waals surface area contributed by atoms with Crippen molar-refractivity contribution < 1.29 is 4.74 Å². The van der Waals surface area contributed by atoms with Crippen LogP contribution in [0.3, 0.4) is 0 Å². The molecule has 0 saturated heterocycles. The van der Waals surface area contributed by atoms with Crippen LogP contribution in [0.1, 0.15) is 69.6 Å². The highest BCUT2D eigenvalue weighted by molar-refractivity contribution is 5.50. The van der Waals surface area contributed by atoms with Crippen LogP contribution >= 0.6 is 0 Å². The number of hydrogen-bond acceptors (Lipinski definition) is 1. The fourth-order valence-corrected chi connectivity index (χ4v) is 4.27. The van der Waals surface area contributed by atoms with Gasteiger partial charge in [0.2, 0.25) is 0 Å². The van der Waals surface area contributed by atoms with E-state index in [9.17, 15) is 0 Å². The lowest BCUT2D eigenvalue weighted by Crippen LogP contribution is -2.45. The van der Waals surface area contributed by atoms with E-state index in [1.54, 1.807) is 0 Å². The number of allylic oxidation sites excluding steroid dienone is 2. The summed E-state index contributed by atoms with van der Waals surface area (Å²) < 4.78 is 6.46. The van der Waals surface area contributed by atoms with Crippen LogP contribution in [0.25, 0.3) is 0 Å². The maximum Gasteiger partial charge on any atom is 0.124 e. The quantitative estimate of drug-likeness (QED) is 0.646. The molecule has 1 heterocycles. The SMILES string of the molecule is CCCc1cc(C)c2c(c1)OC(C)(C)C1CCC(C)=CC21. The molecule has 1 aliphatic heterocycles. The minimum absolute atomic E-state index is 0.0633. The van der Waals surface area contributed by atoms with Crippen molar-refractivity contribution in [3.8, 4) is 5.75 Å². The van der Waals surface area contributed by atoms with Crippen LogP contribution in [0.15, 0.2) is 23.8 Å². The zero-order valence-electron chi connectivity index (χ0n) is 14.1. The van der Waals surface area contributed by atoms with Crippen molar-refractivity contribution in [3.63, 3.8) is 0 Å². The van der Waals surface area contributed by atoms with Gasteiger partial charge in [-0.3, -0.25) is 0 Å². The van der Waals surface area contributed by atoms with Gasteiger partial charge in [-0.2, -0.15) is 0 Å². The Hall–Kier alpha value is -1.24. The molecule has 21 heavy (non-hydrogen) atoms. The predicted molar refractivity (Wildman–Crippen MR) is 89.1 cm³/mol. The Morgan fingerprint density at radius 3 is 2.71 bits per heavy atom. The number of benzene rings is 1. The second-order valence-electron chi connectivity index (χ2n) is 7.46. The van der Waals surface area contributed by atoms with E-state index in [2.05, 4.69) is 52.8 Å². The summed E-state index contributed by atoms with van der Waals surface area (Å²) in [6.07, 6.45) is 7.29. The van der Waals surface area contributed by atoms with E-state index in [-0.39, 0.29) is 5.60 Å². The zero-order valence-corrected chi connectivity index (χ0v) is 14.1. The summed E-state index contributed by atoms with van der Waals surface area (Å²) in [4.78, 5) is 0. The Morgan fingerprint density at radius 2 is 2.00 bits per heavy atom. The van der Waals surface area contributed by atoms with Crippen LogP contribution < -0.4 is 4.74 Å². The summed E-state index contributed by atoms with van der Waals surface area (Å²) in [5.41, 5.74) is 5.74. The zero-order chi connectivity index (χ0) is 15.2. The molecule has 0 N–H and O–H groups in total. The van der Waals surface area contributed by atoms with Crippen molar-refractivity contribution in [1.29, 1.82) is 0 Å². The molecular formula is C20H28O. The molecule has 1 aliphatic carbocycles. The number of fused-ring (bicyclic) bond motifs is 3. The Morgan fingerprint density at radius 1 is 1.24 bits per heavy atom. The molecule has 1 heteroatoms. The summed E-state index contributed by atoms with van der Waals surface area (Å²) in [7, 11) is 0. The summed E-state index contributed by atoms with van der Waals surface area (Å²) >= 11 is 0. The molecule has 114 valence electrons. The van der Waals surface area contributed by atoms with E-state index < -0.39 is 0 Å². The topological polar surface area (TPSA) is 9.23 Å². The first-order valence-corrected chi connectivity index (χ1v) is 8.42. The number of ether oxygens (including phenoxy) is 1. The van der Waals surface area contributed by atoms with E-state index in [1.165, 1.54) is 41.5 Å². The van der Waals surface area contributed by atoms with Gasteiger partial charge >= 0.3 is 0 Å². The van der Waals surface area contributed by atoms with E-state index in [0.29, 0.717) is 11.8 Å². The molecule has 0 fully saturated rings. The van der Waals surface area contributed by atoms with Crippen LogP contribution in [0.4, 0.5) is 0 Å². The molecule has 0 radical (unpaired) electrons. The molecule has 1 aromatic carbocycles. The first kappa shape index (κ1) is 14.7. The van der Waals surface area contributed by atoms with Crippen LogP contribution in [0.5, 0.6) is 5.75 Å². The molecule has 2 unspecified atom stereocenters. The summed E-state index contributed by atoms with van der Waals surface area (Å²) in [5.74, 6) is 2.27. The standard InChI is InChI=1S/C20H28O/c1-6-7-15-11-14(3)19-16-10-13(2)8-9-17(16)20(4,5)21-18(19)12-15/h10-12,16-17H,6-9H2,1-5H3. The summed E-state index contributed by atoms with van der Waals surface area (Å²) in [5, 5.41) is 0. The van der Waals surface area contributed by atoms with Gasteiger partial charge in [0.1, 0.15) is 11.4 Å². The Bertz CT molecular complexity index is 580. The minimum atomic E-state index is -0.0633. The molecule has 2 atom stereocenters. The van der Waals surface area contributed by atoms with Crippen LogP contribution in [-0.2, 0) is 6.42 Å². The van der Waals surface area contributed by atoms with Crippen molar-refractivity contribution in [2.45, 2.75) is 71.8 Å². The Labute approximate surface area is 129 Å². The lowest BCUT2D eigenvalue weighted by atomic mass is 9.67. The van der Waals surface area contributed by atoms with Gasteiger partial charge in [0.05, 0.1) is 0 Å². The Balaban J connectivity index is 2.13. The smallest absolute Gasteiger partial charge is 0.124 e. The third kappa shape index (κ3) is 2.52. The maximum atomic E-state index is 6.46.